The van der Waals surface area contributed by atoms with Crippen molar-refractivity contribution in [3.05, 3.63) is 36.2 Å². The van der Waals surface area contributed by atoms with Crippen LogP contribution in [0, 0.1) is 12.8 Å². The van der Waals surface area contributed by atoms with E-state index < -0.39 is 10.0 Å². The fourth-order valence-corrected chi connectivity index (χ4v) is 4.71. The van der Waals surface area contributed by atoms with Gasteiger partial charge in [-0.25, -0.2) is 13.4 Å². The molecule has 2 saturated heterocycles. The third-order valence-electron chi connectivity index (χ3n) is 4.38. The van der Waals surface area contributed by atoms with E-state index in [1.54, 1.807) is 18.3 Å². The number of hydrogen-bond acceptors (Lipinski definition) is 6. The molecular weight excluding hydrogens is 318 g/mol. The van der Waals surface area contributed by atoms with Crippen molar-refractivity contribution in [3.63, 3.8) is 0 Å². The Kier molecular flexibility index (Phi) is 3.43. The smallest absolute Gasteiger partial charge is 0.244 e. The van der Waals surface area contributed by atoms with Crippen molar-refractivity contribution in [1.29, 1.82) is 0 Å². The molecule has 0 unspecified atom stereocenters. The molecule has 23 heavy (non-hydrogen) atoms. The van der Waals surface area contributed by atoms with Crippen LogP contribution in [-0.4, -0.2) is 52.1 Å². The zero-order chi connectivity index (χ0) is 16.0. The van der Waals surface area contributed by atoms with Crippen LogP contribution in [0.2, 0.25) is 0 Å². The lowest BCUT2D eigenvalue weighted by atomic mass is 10.0. The Bertz CT molecular complexity index is 793. The summed E-state index contributed by atoms with van der Waals surface area (Å²) < 4.78 is 32.7. The molecule has 4 rings (SSSR count). The lowest BCUT2D eigenvalue weighted by Gasteiger charge is -2.18. The second-order valence-electron chi connectivity index (χ2n) is 5.95. The largest absolute Gasteiger partial charge is 0.365 e. The summed E-state index contributed by atoms with van der Waals surface area (Å²) in [6, 6.07) is 3.19. The number of sulfonamides is 1. The van der Waals surface area contributed by atoms with E-state index >= 15 is 0 Å². The number of nitrogens with zero attached hydrogens (tertiary/aromatic N) is 4. The first-order valence-corrected chi connectivity index (χ1v) is 8.92. The van der Waals surface area contributed by atoms with E-state index in [9.17, 15) is 8.42 Å². The van der Waals surface area contributed by atoms with Gasteiger partial charge in [0.1, 0.15) is 16.8 Å². The van der Waals surface area contributed by atoms with Crippen LogP contribution in [0.1, 0.15) is 24.2 Å². The Morgan fingerprint density at radius 1 is 1.39 bits per heavy atom. The van der Waals surface area contributed by atoms with Crippen LogP contribution in [0.15, 0.2) is 29.4 Å². The number of pyridine rings is 1. The Morgan fingerprint density at radius 2 is 2.26 bits per heavy atom. The van der Waals surface area contributed by atoms with Crippen molar-refractivity contribution >= 4 is 10.0 Å². The number of aromatic amines is 1. The van der Waals surface area contributed by atoms with Crippen LogP contribution in [0.25, 0.3) is 0 Å². The summed E-state index contributed by atoms with van der Waals surface area (Å²) in [5.41, 5.74) is 0. The van der Waals surface area contributed by atoms with E-state index in [0.29, 0.717) is 18.9 Å². The summed E-state index contributed by atoms with van der Waals surface area (Å²) in [5.74, 6) is 1.57. The molecule has 0 aromatic carbocycles. The first-order valence-electron chi connectivity index (χ1n) is 7.48. The zero-order valence-corrected chi connectivity index (χ0v) is 13.4. The average Bonchev–Trinajstić information content (AvgIpc) is 3.21. The fraction of sp³-hybridized carbons (Fsp3) is 0.500. The Labute approximate surface area is 134 Å². The predicted molar refractivity (Wildman–Crippen MR) is 79.8 cm³/mol. The van der Waals surface area contributed by atoms with Crippen LogP contribution in [0.4, 0.5) is 0 Å². The minimum atomic E-state index is -3.51. The predicted octanol–water partition coefficient (Wildman–Crippen LogP) is 0.659. The summed E-state index contributed by atoms with van der Waals surface area (Å²) >= 11 is 0. The van der Waals surface area contributed by atoms with Gasteiger partial charge in [0, 0.05) is 31.4 Å². The number of aromatic nitrogens is 4. The number of nitrogens with one attached hydrogen (secondary N) is 1. The second-order valence-corrected chi connectivity index (χ2v) is 7.89. The third-order valence-corrected chi connectivity index (χ3v) is 6.19. The molecule has 0 radical (unpaired) electrons. The van der Waals surface area contributed by atoms with Gasteiger partial charge in [-0.15, -0.1) is 0 Å². The van der Waals surface area contributed by atoms with Gasteiger partial charge in [0.05, 0.1) is 6.10 Å². The van der Waals surface area contributed by atoms with Crippen LogP contribution in [-0.2, 0) is 14.8 Å². The van der Waals surface area contributed by atoms with Gasteiger partial charge in [-0.3, -0.25) is 10.1 Å². The van der Waals surface area contributed by atoms with Gasteiger partial charge in [-0.1, -0.05) is 0 Å². The number of hydrogen-bond donors (Lipinski definition) is 1. The summed E-state index contributed by atoms with van der Waals surface area (Å²) in [6.45, 7) is 2.66. The fourth-order valence-electron chi connectivity index (χ4n) is 3.24. The van der Waals surface area contributed by atoms with E-state index in [1.807, 2.05) is 6.92 Å². The lowest BCUT2D eigenvalue weighted by molar-refractivity contribution is 0.0385. The minimum Gasteiger partial charge on any atom is -0.365 e. The number of rotatable bonds is 3. The molecular formula is C14H17N5O3S. The molecule has 0 bridgehead atoms. The van der Waals surface area contributed by atoms with Gasteiger partial charge >= 0.3 is 0 Å². The highest BCUT2D eigenvalue weighted by molar-refractivity contribution is 7.89. The molecule has 0 spiro atoms. The van der Waals surface area contributed by atoms with Crippen molar-refractivity contribution in [2.75, 3.05) is 13.1 Å². The molecule has 2 fully saturated rings. The van der Waals surface area contributed by atoms with Crippen molar-refractivity contribution < 1.29 is 13.2 Å². The second kappa shape index (κ2) is 5.36. The van der Waals surface area contributed by atoms with Crippen LogP contribution < -0.4 is 0 Å². The molecule has 2 aliphatic heterocycles. The molecule has 9 heteroatoms. The highest BCUT2D eigenvalue weighted by Gasteiger charge is 2.47. The van der Waals surface area contributed by atoms with Crippen molar-refractivity contribution in [2.24, 2.45) is 5.92 Å². The highest BCUT2D eigenvalue weighted by Crippen LogP contribution is 2.41. The maximum absolute atomic E-state index is 12.6. The van der Waals surface area contributed by atoms with E-state index in [0.717, 1.165) is 12.2 Å². The topological polar surface area (TPSA) is 101 Å². The summed E-state index contributed by atoms with van der Waals surface area (Å²) in [6.07, 6.45) is 3.41. The Morgan fingerprint density at radius 3 is 2.91 bits per heavy atom. The summed E-state index contributed by atoms with van der Waals surface area (Å²) in [7, 11) is -3.51. The van der Waals surface area contributed by atoms with Gasteiger partial charge in [-0.05, 0) is 25.5 Å². The molecule has 8 nitrogen and oxygen atoms in total. The van der Waals surface area contributed by atoms with Gasteiger partial charge in [0.2, 0.25) is 10.0 Å². The third kappa shape index (κ3) is 2.54. The summed E-state index contributed by atoms with van der Waals surface area (Å²) in [4.78, 5) is 8.42. The Hall–Kier alpha value is -1.84. The standard InChI is InChI=1S/C14H17N5O3S/c1-9-16-14(18-17-9)12-5-10-7-19(8-13(10)22-12)23(20,21)11-3-2-4-15-6-11/h2-4,6,10,12-13H,5,7-8H2,1H3,(H,16,17,18)/t10-,12-,13+/m0/s1. The molecule has 0 aliphatic carbocycles. The molecule has 2 aliphatic rings. The van der Waals surface area contributed by atoms with Crippen LogP contribution in [0.5, 0.6) is 0 Å². The highest BCUT2D eigenvalue weighted by atomic mass is 32.2. The Balaban J connectivity index is 1.48. The number of fused-ring (bicyclic) bond motifs is 1. The molecule has 0 saturated carbocycles. The van der Waals surface area contributed by atoms with E-state index in [4.69, 9.17) is 4.74 Å². The zero-order valence-electron chi connectivity index (χ0n) is 12.6. The molecule has 3 atom stereocenters. The molecule has 0 amide bonds. The number of H-pyrrole nitrogens is 1. The lowest BCUT2D eigenvalue weighted by Crippen LogP contribution is -2.31. The van der Waals surface area contributed by atoms with Gasteiger partial charge in [0.25, 0.3) is 0 Å². The number of aryl methyl sites for hydroxylation is 1. The van der Waals surface area contributed by atoms with Crippen molar-refractivity contribution in [2.45, 2.75) is 30.4 Å². The van der Waals surface area contributed by atoms with Crippen LogP contribution >= 0.6 is 0 Å². The van der Waals surface area contributed by atoms with E-state index in [2.05, 4.69) is 20.2 Å². The minimum absolute atomic E-state index is 0.106. The maximum Gasteiger partial charge on any atom is 0.244 e. The first kappa shape index (κ1) is 14.7. The van der Waals surface area contributed by atoms with Gasteiger partial charge in [0.15, 0.2) is 5.82 Å². The number of ether oxygens (including phenoxy) is 1. The van der Waals surface area contributed by atoms with Crippen molar-refractivity contribution in [1.82, 2.24) is 24.5 Å². The molecule has 4 heterocycles. The first-order chi connectivity index (χ1) is 11.0. The SMILES string of the molecule is Cc1nc([C@@H]2C[C@H]3CN(S(=O)(=O)c4cccnc4)C[C@H]3O2)n[nH]1. The molecule has 2 aromatic rings. The normalized spacial score (nSPS) is 28.1. The van der Waals surface area contributed by atoms with E-state index in [-0.39, 0.29) is 23.0 Å². The molecule has 2 aromatic heterocycles. The summed E-state index contributed by atoms with van der Waals surface area (Å²) in [5, 5.41) is 6.95. The van der Waals surface area contributed by atoms with Crippen molar-refractivity contribution in [3.8, 4) is 0 Å². The van der Waals surface area contributed by atoms with Crippen LogP contribution in [0.3, 0.4) is 0 Å². The van der Waals surface area contributed by atoms with Gasteiger partial charge < -0.3 is 4.74 Å². The molecule has 1 N–H and O–H groups in total. The van der Waals surface area contributed by atoms with Gasteiger partial charge in [-0.2, -0.15) is 9.40 Å². The monoisotopic (exact) mass is 335 g/mol. The quantitative estimate of drug-likeness (QED) is 0.884. The van der Waals surface area contributed by atoms with E-state index in [1.165, 1.54) is 10.5 Å². The molecule has 122 valence electrons. The average molecular weight is 335 g/mol. The maximum atomic E-state index is 12.6.